The number of aliphatic hydroxyl groups is 1. The van der Waals surface area contributed by atoms with Gasteiger partial charge < -0.3 is 24.4 Å². The summed E-state index contributed by atoms with van der Waals surface area (Å²) >= 11 is 0. The van der Waals surface area contributed by atoms with Crippen LogP contribution in [0.15, 0.2) is 54.1 Å². The number of nitrogens with zero attached hydrogens (tertiary/aromatic N) is 2. The normalized spacial score (nSPS) is 18.0. The molecule has 0 radical (unpaired) electrons. The van der Waals surface area contributed by atoms with E-state index in [-0.39, 0.29) is 17.4 Å². The number of ketones is 1. The van der Waals surface area contributed by atoms with Crippen LogP contribution in [0.5, 0.6) is 11.5 Å². The highest BCUT2D eigenvalue weighted by atomic mass is 16.5. The van der Waals surface area contributed by atoms with Gasteiger partial charge in [0.25, 0.3) is 11.7 Å². The molecule has 1 atom stereocenters. The van der Waals surface area contributed by atoms with Crippen molar-refractivity contribution >= 4 is 17.4 Å². The molecule has 1 saturated heterocycles. The number of carbonyl (C=O) groups is 2. The number of rotatable bonds is 8. The van der Waals surface area contributed by atoms with E-state index in [2.05, 4.69) is 0 Å². The summed E-state index contributed by atoms with van der Waals surface area (Å²) in [6.45, 7) is 4.78. The van der Waals surface area contributed by atoms with Crippen molar-refractivity contribution in [2.24, 2.45) is 0 Å². The van der Waals surface area contributed by atoms with Gasteiger partial charge in [-0.2, -0.15) is 0 Å². The molecular formula is C25H30N2O5. The highest BCUT2D eigenvalue weighted by molar-refractivity contribution is 6.46. The molecule has 0 aliphatic carbocycles. The summed E-state index contributed by atoms with van der Waals surface area (Å²) in [6, 6.07) is 13.3. The average molecular weight is 439 g/mol. The van der Waals surface area contributed by atoms with Crippen molar-refractivity contribution in [3.8, 4) is 11.5 Å². The van der Waals surface area contributed by atoms with Crippen LogP contribution >= 0.6 is 0 Å². The summed E-state index contributed by atoms with van der Waals surface area (Å²) in [7, 11) is 5.36. The number of hydrogen-bond donors (Lipinski definition) is 1. The van der Waals surface area contributed by atoms with Crippen molar-refractivity contribution < 1.29 is 24.2 Å². The van der Waals surface area contributed by atoms with E-state index in [4.69, 9.17) is 9.47 Å². The molecule has 7 heteroatoms. The molecule has 170 valence electrons. The fourth-order valence-corrected chi connectivity index (χ4v) is 3.70. The van der Waals surface area contributed by atoms with Crippen LogP contribution in [0.3, 0.4) is 0 Å². The van der Waals surface area contributed by atoms with Gasteiger partial charge in [0, 0.05) is 18.7 Å². The maximum Gasteiger partial charge on any atom is 0.295 e. The largest absolute Gasteiger partial charge is 0.507 e. The first-order valence-corrected chi connectivity index (χ1v) is 10.6. The summed E-state index contributed by atoms with van der Waals surface area (Å²) < 4.78 is 11.0. The molecule has 0 saturated carbocycles. The van der Waals surface area contributed by atoms with Gasteiger partial charge in [-0.05, 0) is 69.9 Å². The van der Waals surface area contributed by atoms with Gasteiger partial charge in [0.15, 0.2) is 0 Å². The molecule has 0 spiro atoms. The Labute approximate surface area is 188 Å². The summed E-state index contributed by atoms with van der Waals surface area (Å²) in [5.41, 5.74) is 1.21. The molecule has 1 aliphatic rings. The van der Waals surface area contributed by atoms with Crippen LogP contribution in [0.2, 0.25) is 0 Å². The Kier molecular flexibility index (Phi) is 7.20. The predicted molar refractivity (Wildman–Crippen MR) is 123 cm³/mol. The molecule has 3 rings (SSSR count). The molecule has 1 aliphatic heterocycles. The number of methoxy groups -OCH3 is 1. The standard InChI is InChI=1S/C25H30N2O5/c1-16(2)32-19-11-9-17(10-12-19)23(28)21-22(18-7-6-8-20(15-18)31-5)27(14-13-26(3)4)25(30)24(21)29/h6-12,15-16,22,28H,13-14H2,1-5H3. The van der Waals surface area contributed by atoms with Crippen LogP contribution in [0.1, 0.15) is 31.0 Å². The number of likely N-dealkylation sites (tertiary alicyclic amines) is 1. The number of ether oxygens (including phenoxy) is 2. The van der Waals surface area contributed by atoms with Gasteiger partial charge in [0.05, 0.1) is 24.8 Å². The number of likely N-dealkylation sites (N-methyl/N-ethyl adjacent to an activating group) is 1. The first-order chi connectivity index (χ1) is 15.2. The number of carbonyl (C=O) groups excluding carboxylic acids is 2. The van der Waals surface area contributed by atoms with Gasteiger partial charge in [0.1, 0.15) is 17.3 Å². The maximum absolute atomic E-state index is 13.0. The molecule has 2 aromatic rings. The molecule has 1 N–H and O–H groups in total. The second-order valence-electron chi connectivity index (χ2n) is 8.26. The molecule has 1 amide bonds. The van der Waals surface area contributed by atoms with Crippen LogP contribution < -0.4 is 9.47 Å². The van der Waals surface area contributed by atoms with Gasteiger partial charge in [-0.3, -0.25) is 9.59 Å². The first-order valence-electron chi connectivity index (χ1n) is 10.6. The van der Waals surface area contributed by atoms with E-state index in [1.54, 1.807) is 49.6 Å². The molecule has 7 nitrogen and oxygen atoms in total. The smallest absolute Gasteiger partial charge is 0.295 e. The topological polar surface area (TPSA) is 79.3 Å². The third kappa shape index (κ3) is 4.94. The fraction of sp³-hybridized carbons (Fsp3) is 0.360. The zero-order valence-corrected chi connectivity index (χ0v) is 19.2. The lowest BCUT2D eigenvalue weighted by atomic mass is 9.95. The second-order valence-corrected chi connectivity index (χ2v) is 8.26. The maximum atomic E-state index is 13.0. The molecular weight excluding hydrogens is 408 g/mol. The Morgan fingerprint density at radius 3 is 2.38 bits per heavy atom. The van der Waals surface area contributed by atoms with Gasteiger partial charge in [-0.1, -0.05) is 12.1 Å². The van der Waals surface area contributed by atoms with Crippen molar-refractivity contribution in [3.05, 3.63) is 65.2 Å². The Morgan fingerprint density at radius 1 is 1.09 bits per heavy atom. The minimum Gasteiger partial charge on any atom is -0.507 e. The quantitative estimate of drug-likeness (QED) is 0.386. The van der Waals surface area contributed by atoms with Gasteiger partial charge in [0.2, 0.25) is 0 Å². The highest BCUT2D eigenvalue weighted by Crippen LogP contribution is 2.40. The zero-order valence-electron chi connectivity index (χ0n) is 19.2. The molecule has 0 bridgehead atoms. The van der Waals surface area contributed by atoms with Crippen molar-refractivity contribution in [3.63, 3.8) is 0 Å². The van der Waals surface area contributed by atoms with Crippen LogP contribution in [0, 0.1) is 0 Å². The van der Waals surface area contributed by atoms with E-state index in [9.17, 15) is 14.7 Å². The number of Topliss-reactive ketones (excluding diaryl/α,β-unsaturated/α-hetero) is 1. The molecule has 1 unspecified atom stereocenters. The van der Waals surface area contributed by atoms with E-state index < -0.39 is 17.7 Å². The van der Waals surface area contributed by atoms with Crippen LogP contribution in [0.25, 0.3) is 5.76 Å². The molecule has 1 fully saturated rings. The summed E-state index contributed by atoms with van der Waals surface area (Å²) in [5.74, 6) is -0.264. The van der Waals surface area contributed by atoms with E-state index in [0.717, 1.165) is 0 Å². The van der Waals surface area contributed by atoms with Crippen LogP contribution in [-0.2, 0) is 9.59 Å². The van der Waals surface area contributed by atoms with E-state index in [1.165, 1.54) is 4.90 Å². The van der Waals surface area contributed by atoms with Crippen molar-refractivity contribution in [1.82, 2.24) is 9.80 Å². The minimum atomic E-state index is -0.711. The number of hydrogen-bond acceptors (Lipinski definition) is 6. The van der Waals surface area contributed by atoms with Crippen molar-refractivity contribution in [1.29, 1.82) is 0 Å². The Bertz CT molecular complexity index is 1010. The predicted octanol–water partition coefficient (Wildman–Crippen LogP) is 3.47. The average Bonchev–Trinajstić information content (AvgIpc) is 3.02. The third-order valence-corrected chi connectivity index (χ3v) is 5.24. The Morgan fingerprint density at radius 2 is 1.78 bits per heavy atom. The van der Waals surface area contributed by atoms with E-state index in [1.807, 2.05) is 38.9 Å². The van der Waals surface area contributed by atoms with Gasteiger partial charge >= 0.3 is 0 Å². The minimum absolute atomic E-state index is 0.0181. The number of aliphatic hydroxyl groups excluding tert-OH is 1. The molecule has 2 aromatic carbocycles. The Balaban J connectivity index is 2.09. The van der Waals surface area contributed by atoms with Crippen LogP contribution in [0.4, 0.5) is 0 Å². The monoisotopic (exact) mass is 438 g/mol. The van der Waals surface area contributed by atoms with Crippen LogP contribution in [-0.4, -0.2) is 67.0 Å². The van der Waals surface area contributed by atoms with E-state index in [0.29, 0.717) is 35.7 Å². The number of benzene rings is 2. The van der Waals surface area contributed by atoms with Gasteiger partial charge in [-0.15, -0.1) is 0 Å². The van der Waals surface area contributed by atoms with Gasteiger partial charge in [-0.25, -0.2) is 0 Å². The zero-order chi connectivity index (χ0) is 23.4. The van der Waals surface area contributed by atoms with Crippen molar-refractivity contribution in [2.45, 2.75) is 26.0 Å². The van der Waals surface area contributed by atoms with Crippen molar-refractivity contribution in [2.75, 3.05) is 34.3 Å². The molecule has 0 aromatic heterocycles. The SMILES string of the molecule is COc1cccc(C2C(=C(O)c3ccc(OC(C)C)cc3)C(=O)C(=O)N2CCN(C)C)c1. The second kappa shape index (κ2) is 9.87. The highest BCUT2D eigenvalue weighted by Gasteiger charge is 2.46. The summed E-state index contributed by atoms with van der Waals surface area (Å²) in [4.78, 5) is 29.4. The third-order valence-electron chi connectivity index (χ3n) is 5.24. The van der Waals surface area contributed by atoms with E-state index >= 15 is 0 Å². The molecule has 32 heavy (non-hydrogen) atoms. The lowest BCUT2D eigenvalue weighted by Gasteiger charge is -2.26. The summed E-state index contributed by atoms with van der Waals surface area (Å²) in [5, 5.41) is 11.1. The first kappa shape index (κ1) is 23.3. The lowest BCUT2D eigenvalue weighted by Crippen LogP contribution is -2.35. The number of amides is 1. The molecule has 1 heterocycles. The Hall–Kier alpha value is -3.32. The summed E-state index contributed by atoms with van der Waals surface area (Å²) in [6.07, 6.45) is 0.0181. The fourth-order valence-electron chi connectivity index (χ4n) is 3.70. The lowest BCUT2D eigenvalue weighted by molar-refractivity contribution is -0.140.